The van der Waals surface area contributed by atoms with Crippen molar-refractivity contribution in [2.75, 3.05) is 13.3 Å². The lowest BCUT2D eigenvalue weighted by Crippen LogP contribution is -2.46. The number of hydrogen-bond donors (Lipinski definition) is 1. The third kappa shape index (κ3) is 3.65. The molecule has 35 heavy (non-hydrogen) atoms. The highest BCUT2D eigenvalue weighted by Gasteiger charge is 2.42. The molecule has 0 bridgehead atoms. The van der Waals surface area contributed by atoms with E-state index >= 15 is 0 Å². The van der Waals surface area contributed by atoms with Crippen LogP contribution >= 0.6 is 0 Å². The van der Waals surface area contributed by atoms with Gasteiger partial charge in [-0.25, -0.2) is 0 Å². The van der Waals surface area contributed by atoms with Crippen LogP contribution in [-0.2, 0) is 17.6 Å². The van der Waals surface area contributed by atoms with Crippen LogP contribution in [0.5, 0.6) is 11.5 Å². The first-order valence-electron chi connectivity index (χ1n) is 11.5. The van der Waals surface area contributed by atoms with E-state index in [1.807, 2.05) is 42.5 Å². The number of hydrogen-bond acceptors (Lipinski definition) is 6. The molecule has 3 aromatic rings. The molecule has 1 atom stereocenters. The number of amides is 2. The molecule has 0 spiro atoms. The van der Waals surface area contributed by atoms with Gasteiger partial charge in [0.2, 0.25) is 6.79 Å². The molecule has 174 valence electrons. The second-order valence-corrected chi connectivity index (χ2v) is 8.73. The number of ketones is 1. The van der Waals surface area contributed by atoms with Gasteiger partial charge < -0.3 is 14.8 Å². The van der Waals surface area contributed by atoms with Crippen LogP contribution < -0.4 is 14.8 Å². The van der Waals surface area contributed by atoms with Gasteiger partial charge in [-0.1, -0.05) is 42.5 Å². The van der Waals surface area contributed by atoms with Crippen molar-refractivity contribution in [3.05, 3.63) is 101 Å². The average molecular weight is 466 g/mol. The van der Waals surface area contributed by atoms with Crippen LogP contribution in [0.15, 0.2) is 72.8 Å². The van der Waals surface area contributed by atoms with E-state index in [0.29, 0.717) is 34.9 Å². The molecule has 0 fully saturated rings. The molecule has 3 aliphatic rings. The smallest absolute Gasteiger partial charge is 0.262 e. The van der Waals surface area contributed by atoms with Crippen molar-refractivity contribution in [2.24, 2.45) is 0 Å². The zero-order valence-corrected chi connectivity index (χ0v) is 18.8. The van der Waals surface area contributed by atoms with Crippen LogP contribution in [-0.4, -0.2) is 41.9 Å². The number of imide groups is 1. The lowest BCUT2D eigenvalue weighted by molar-refractivity contribution is -0.118. The highest BCUT2D eigenvalue weighted by Crippen LogP contribution is 2.38. The number of carbonyl (C=O) groups is 3. The SMILES string of the molecule is O=C(/C=C1\NCCc2cc3c(cc21)OCO3)C(Cc1ccccc1)N1C(=O)c2ccccc2C1=O. The number of nitrogens with one attached hydrogen (secondary N) is 1. The Kier molecular flexibility index (Phi) is 5.10. The maximum absolute atomic E-state index is 13.8. The minimum Gasteiger partial charge on any atom is -0.454 e. The van der Waals surface area contributed by atoms with Crippen molar-refractivity contribution >= 4 is 23.3 Å². The topological polar surface area (TPSA) is 84.9 Å². The summed E-state index contributed by atoms with van der Waals surface area (Å²) < 4.78 is 11.0. The lowest BCUT2D eigenvalue weighted by atomic mass is 9.94. The summed E-state index contributed by atoms with van der Waals surface area (Å²) in [5, 5.41) is 3.30. The zero-order chi connectivity index (χ0) is 23.9. The summed E-state index contributed by atoms with van der Waals surface area (Å²) in [6, 6.07) is 18.9. The van der Waals surface area contributed by atoms with Crippen LogP contribution in [0, 0.1) is 0 Å². The summed E-state index contributed by atoms with van der Waals surface area (Å²) in [5.41, 5.74) is 4.06. The standard InChI is InChI=1S/C28H22N2O5/c31-24(15-22-21-14-26-25(34-16-35-26)13-18(21)10-11-29-22)23(12-17-6-2-1-3-7-17)30-27(32)19-8-4-5-9-20(19)28(30)33/h1-9,13-15,23,29H,10-12,16H2/b22-15-. The Morgan fingerprint density at radius 3 is 2.29 bits per heavy atom. The van der Waals surface area contributed by atoms with Crippen molar-refractivity contribution in [3.8, 4) is 11.5 Å². The lowest BCUT2D eigenvalue weighted by Gasteiger charge is -2.26. The Morgan fingerprint density at radius 1 is 0.914 bits per heavy atom. The molecule has 0 saturated heterocycles. The van der Waals surface area contributed by atoms with Gasteiger partial charge in [-0.3, -0.25) is 19.3 Å². The van der Waals surface area contributed by atoms with E-state index in [9.17, 15) is 14.4 Å². The predicted octanol–water partition coefficient (Wildman–Crippen LogP) is 3.38. The van der Waals surface area contributed by atoms with Gasteiger partial charge >= 0.3 is 0 Å². The summed E-state index contributed by atoms with van der Waals surface area (Å²) in [5.74, 6) is 0.116. The van der Waals surface area contributed by atoms with Crippen molar-refractivity contribution in [3.63, 3.8) is 0 Å². The molecule has 3 aliphatic heterocycles. The summed E-state index contributed by atoms with van der Waals surface area (Å²) in [7, 11) is 0. The van der Waals surface area contributed by atoms with E-state index in [1.54, 1.807) is 24.3 Å². The van der Waals surface area contributed by atoms with E-state index in [1.165, 1.54) is 6.08 Å². The molecule has 0 saturated carbocycles. The van der Waals surface area contributed by atoms with Crippen molar-refractivity contribution in [1.82, 2.24) is 10.2 Å². The fourth-order valence-corrected chi connectivity index (χ4v) is 4.88. The largest absolute Gasteiger partial charge is 0.454 e. The first-order chi connectivity index (χ1) is 17.1. The maximum Gasteiger partial charge on any atom is 0.262 e. The Balaban J connectivity index is 1.39. The van der Waals surface area contributed by atoms with E-state index in [-0.39, 0.29) is 19.0 Å². The summed E-state index contributed by atoms with van der Waals surface area (Å²) in [6.07, 6.45) is 2.52. The minimum atomic E-state index is -0.974. The van der Waals surface area contributed by atoms with Gasteiger partial charge in [-0.05, 0) is 41.8 Å². The monoisotopic (exact) mass is 466 g/mol. The number of ether oxygens (including phenoxy) is 2. The van der Waals surface area contributed by atoms with Crippen molar-refractivity contribution in [2.45, 2.75) is 18.9 Å². The summed E-state index contributed by atoms with van der Waals surface area (Å²) in [4.78, 5) is 41.4. The summed E-state index contributed by atoms with van der Waals surface area (Å²) in [6.45, 7) is 0.824. The first-order valence-corrected chi connectivity index (χ1v) is 11.5. The van der Waals surface area contributed by atoms with Crippen LogP contribution in [0.25, 0.3) is 5.70 Å². The molecule has 3 aromatic carbocycles. The van der Waals surface area contributed by atoms with Gasteiger partial charge in [-0.15, -0.1) is 0 Å². The molecule has 0 aliphatic carbocycles. The normalized spacial score (nSPS) is 17.7. The van der Waals surface area contributed by atoms with Crippen LogP contribution in [0.1, 0.15) is 37.4 Å². The number of nitrogens with zero attached hydrogens (tertiary/aromatic N) is 1. The molecule has 0 radical (unpaired) electrons. The minimum absolute atomic E-state index is 0.169. The van der Waals surface area contributed by atoms with Gasteiger partial charge in [0.05, 0.1) is 11.1 Å². The van der Waals surface area contributed by atoms with Crippen molar-refractivity contribution in [1.29, 1.82) is 0 Å². The van der Waals surface area contributed by atoms with Gasteiger partial charge in [-0.2, -0.15) is 0 Å². The number of benzene rings is 3. The fourth-order valence-electron chi connectivity index (χ4n) is 4.88. The summed E-state index contributed by atoms with van der Waals surface area (Å²) >= 11 is 0. The van der Waals surface area contributed by atoms with Gasteiger partial charge in [0, 0.05) is 30.3 Å². The molecule has 0 aromatic heterocycles. The molecule has 2 amide bonds. The predicted molar refractivity (Wildman–Crippen MR) is 128 cm³/mol. The second kappa shape index (κ2) is 8.43. The highest BCUT2D eigenvalue weighted by molar-refractivity contribution is 6.23. The van der Waals surface area contributed by atoms with E-state index in [2.05, 4.69) is 5.32 Å². The third-order valence-electron chi connectivity index (χ3n) is 6.62. The van der Waals surface area contributed by atoms with E-state index in [4.69, 9.17) is 9.47 Å². The molecule has 1 unspecified atom stereocenters. The Morgan fingerprint density at radius 2 is 1.57 bits per heavy atom. The van der Waals surface area contributed by atoms with Crippen LogP contribution in [0.2, 0.25) is 0 Å². The molecule has 7 nitrogen and oxygen atoms in total. The van der Waals surface area contributed by atoms with E-state index < -0.39 is 17.9 Å². The number of carbonyl (C=O) groups excluding carboxylic acids is 3. The van der Waals surface area contributed by atoms with Crippen LogP contribution in [0.4, 0.5) is 0 Å². The maximum atomic E-state index is 13.8. The zero-order valence-electron chi connectivity index (χ0n) is 18.8. The quantitative estimate of drug-likeness (QED) is 0.459. The Bertz CT molecular complexity index is 1360. The molecular formula is C28H22N2O5. The second-order valence-electron chi connectivity index (χ2n) is 8.73. The average Bonchev–Trinajstić information content (AvgIpc) is 3.44. The highest BCUT2D eigenvalue weighted by atomic mass is 16.7. The number of rotatable bonds is 5. The third-order valence-corrected chi connectivity index (χ3v) is 6.62. The molecule has 7 heteroatoms. The molecule has 6 rings (SSSR count). The van der Waals surface area contributed by atoms with Crippen LogP contribution in [0.3, 0.4) is 0 Å². The Labute approximate surface area is 202 Å². The molecular weight excluding hydrogens is 444 g/mol. The first kappa shape index (κ1) is 21.2. The number of fused-ring (bicyclic) bond motifs is 3. The van der Waals surface area contributed by atoms with Gasteiger partial charge in [0.15, 0.2) is 17.3 Å². The molecule has 3 heterocycles. The Hall–Kier alpha value is -4.39. The fraction of sp³-hybridized carbons (Fsp3) is 0.179. The van der Waals surface area contributed by atoms with E-state index in [0.717, 1.165) is 28.0 Å². The van der Waals surface area contributed by atoms with Gasteiger partial charge in [0.1, 0.15) is 6.04 Å². The van der Waals surface area contributed by atoms with Crippen molar-refractivity contribution < 1.29 is 23.9 Å². The molecule has 1 N–H and O–H groups in total. The van der Waals surface area contributed by atoms with Gasteiger partial charge in [0.25, 0.3) is 11.8 Å².